The van der Waals surface area contributed by atoms with Gasteiger partial charge in [0.05, 0.1) is 0 Å². The van der Waals surface area contributed by atoms with Gasteiger partial charge in [-0.2, -0.15) is 5.10 Å². The van der Waals surface area contributed by atoms with Crippen LogP contribution in [0.1, 0.15) is 29.0 Å². The van der Waals surface area contributed by atoms with Crippen LogP contribution in [0, 0.1) is 5.92 Å². The minimum Gasteiger partial charge on any atom is -0.355 e. The molecule has 0 radical (unpaired) electrons. The molecule has 0 saturated carbocycles. The molecule has 26 heavy (non-hydrogen) atoms. The van der Waals surface area contributed by atoms with E-state index in [9.17, 15) is 14.4 Å². The van der Waals surface area contributed by atoms with E-state index in [1.54, 1.807) is 29.2 Å². The van der Waals surface area contributed by atoms with E-state index in [1.165, 1.54) is 0 Å². The van der Waals surface area contributed by atoms with Gasteiger partial charge in [0.25, 0.3) is 5.91 Å². The molecule has 2 aromatic rings. The van der Waals surface area contributed by atoms with Gasteiger partial charge in [0, 0.05) is 42.6 Å². The summed E-state index contributed by atoms with van der Waals surface area (Å²) in [7, 11) is 0. The number of piperidine rings is 1. The van der Waals surface area contributed by atoms with E-state index in [1.807, 2.05) is 0 Å². The normalized spacial score (nSPS) is 15.0. The zero-order chi connectivity index (χ0) is 18.5. The van der Waals surface area contributed by atoms with Crippen LogP contribution in [0.2, 0.25) is 5.02 Å². The van der Waals surface area contributed by atoms with Crippen molar-refractivity contribution < 1.29 is 9.59 Å². The lowest BCUT2D eigenvalue weighted by Crippen LogP contribution is -2.43. The molecule has 0 aliphatic carbocycles. The van der Waals surface area contributed by atoms with Gasteiger partial charge >= 0.3 is 5.69 Å². The number of carbonyl (C=O) groups excluding carboxylic acids is 2. The fourth-order valence-corrected chi connectivity index (χ4v) is 3.12. The summed E-state index contributed by atoms with van der Waals surface area (Å²) in [5, 5.41) is 9.53. The minimum absolute atomic E-state index is 0.0264. The highest BCUT2D eigenvalue weighted by molar-refractivity contribution is 6.30. The number of likely N-dealkylation sites (tertiary alicyclic amines) is 1. The summed E-state index contributed by atoms with van der Waals surface area (Å²) in [6, 6.07) is 6.81. The van der Waals surface area contributed by atoms with Gasteiger partial charge in [0.15, 0.2) is 0 Å². The molecule has 3 rings (SSSR count). The minimum atomic E-state index is -0.357. The number of hydrogen-bond acceptors (Lipinski definition) is 4. The van der Waals surface area contributed by atoms with Crippen LogP contribution in [0.4, 0.5) is 0 Å². The Kier molecular flexibility index (Phi) is 5.72. The number of aromatic nitrogens is 3. The first-order valence-electron chi connectivity index (χ1n) is 8.49. The van der Waals surface area contributed by atoms with Crippen molar-refractivity contribution >= 4 is 23.4 Å². The summed E-state index contributed by atoms with van der Waals surface area (Å²) in [4.78, 5) is 40.0. The van der Waals surface area contributed by atoms with Crippen molar-refractivity contribution in [2.75, 3.05) is 19.6 Å². The first-order valence-corrected chi connectivity index (χ1v) is 8.87. The van der Waals surface area contributed by atoms with E-state index in [2.05, 4.69) is 20.5 Å². The van der Waals surface area contributed by atoms with Crippen LogP contribution in [0.15, 0.2) is 29.1 Å². The van der Waals surface area contributed by atoms with Crippen molar-refractivity contribution in [1.29, 1.82) is 0 Å². The van der Waals surface area contributed by atoms with E-state index in [0.29, 0.717) is 55.3 Å². The number of benzene rings is 1. The molecule has 9 heteroatoms. The Bertz CT molecular complexity index is 821. The van der Waals surface area contributed by atoms with Gasteiger partial charge in [-0.3, -0.25) is 14.6 Å². The fourth-order valence-electron chi connectivity index (χ4n) is 2.99. The maximum atomic E-state index is 12.5. The van der Waals surface area contributed by atoms with Crippen LogP contribution in [-0.4, -0.2) is 51.5 Å². The molecule has 138 valence electrons. The first kappa shape index (κ1) is 18.2. The Hall–Kier alpha value is -2.61. The summed E-state index contributed by atoms with van der Waals surface area (Å²) < 4.78 is 0. The lowest BCUT2D eigenvalue weighted by Gasteiger charge is -2.31. The predicted molar refractivity (Wildman–Crippen MR) is 96.0 cm³/mol. The number of carbonyl (C=O) groups is 2. The van der Waals surface area contributed by atoms with Gasteiger partial charge in [-0.25, -0.2) is 9.89 Å². The van der Waals surface area contributed by atoms with Crippen molar-refractivity contribution in [2.45, 2.75) is 19.3 Å². The molecule has 2 heterocycles. The topological polar surface area (TPSA) is 111 Å². The summed E-state index contributed by atoms with van der Waals surface area (Å²) in [5.74, 6) is 0.339. The highest BCUT2D eigenvalue weighted by Crippen LogP contribution is 2.20. The van der Waals surface area contributed by atoms with Gasteiger partial charge in [-0.1, -0.05) is 11.6 Å². The Morgan fingerprint density at radius 1 is 1.23 bits per heavy atom. The average molecular weight is 378 g/mol. The largest absolute Gasteiger partial charge is 0.355 e. The second-order valence-electron chi connectivity index (χ2n) is 6.24. The summed E-state index contributed by atoms with van der Waals surface area (Å²) in [6.07, 6.45) is 1.72. The van der Waals surface area contributed by atoms with Crippen LogP contribution in [0.25, 0.3) is 0 Å². The van der Waals surface area contributed by atoms with E-state index >= 15 is 0 Å². The Balaban J connectivity index is 1.43. The van der Waals surface area contributed by atoms with Gasteiger partial charge in [-0.15, -0.1) is 0 Å². The number of rotatable bonds is 5. The predicted octanol–water partition coefficient (Wildman–Crippen LogP) is 0.962. The SMILES string of the molecule is O=C(NCCc1n[nH]c(=O)[nH]1)C1CCN(C(=O)c2ccc(Cl)cc2)CC1. The molecule has 1 aliphatic rings. The zero-order valence-electron chi connectivity index (χ0n) is 14.1. The molecule has 0 unspecified atom stereocenters. The number of nitrogens with one attached hydrogen (secondary N) is 3. The third-order valence-corrected chi connectivity index (χ3v) is 4.71. The van der Waals surface area contributed by atoms with Crippen molar-refractivity contribution in [3.8, 4) is 0 Å². The molecule has 1 aromatic carbocycles. The maximum absolute atomic E-state index is 12.5. The molecule has 1 saturated heterocycles. The van der Waals surface area contributed by atoms with Gasteiger partial charge in [-0.05, 0) is 37.1 Å². The fraction of sp³-hybridized carbons (Fsp3) is 0.412. The summed E-state index contributed by atoms with van der Waals surface area (Å²) in [5.41, 5.74) is 0.245. The Morgan fingerprint density at radius 2 is 1.92 bits per heavy atom. The van der Waals surface area contributed by atoms with Crippen LogP contribution in [0.5, 0.6) is 0 Å². The van der Waals surface area contributed by atoms with Crippen LogP contribution in [0.3, 0.4) is 0 Å². The molecule has 2 amide bonds. The highest BCUT2D eigenvalue weighted by Gasteiger charge is 2.27. The summed E-state index contributed by atoms with van der Waals surface area (Å²) in [6.45, 7) is 1.50. The standard InChI is InChI=1S/C17H20ClN5O3/c18-13-3-1-12(2-4-13)16(25)23-9-6-11(7-10-23)15(24)19-8-5-14-20-17(26)22-21-14/h1-4,11H,5-10H2,(H,19,24)(H2,20,21,22,26). The third-order valence-electron chi connectivity index (χ3n) is 4.46. The smallest absolute Gasteiger partial charge is 0.340 e. The van der Waals surface area contributed by atoms with Crippen molar-refractivity contribution in [3.05, 3.63) is 51.2 Å². The van der Waals surface area contributed by atoms with Gasteiger partial charge in [0.1, 0.15) is 5.82 Å². The Labute approximate surface area is 154 Å². The second kappa shape index (κ2) is 8.18. The number of hydrogen-bond donors (Lipinski definition) is 3. The lowest BCUT2D eigenvalue weighted by atomic mass is 9.95. The molecular formula is C17H20ClN5O3. The molecule has 1 aliphatic heterocycles. The molecule has 0 spiro atoms. The molecule has 0 bridgehead atoms. The van der Waals surface area contributed by atoms with Gasteiger partial charge in [0.2, 0.25) is 5.91 Å². The molecule has 1 fully saturated rings. The van der Waals surface area contributed by atoms with E-state index in [-0.39, 0.29) is 23.4 Å². The molecule has 1 aromatic heterocycles. The average Bonchev–Trinajstić information content (AvgIpc) is 3.07. The van der Waals surface area contributed by atoms with Gasteiger partial charge < -0.3 is 10.2 Å². The number of amides is 2. The molecule has 3 N–H and O–H groups in total. The number of H-pyrrole nitrogens is 2. The van der Waals surface area contributed by atoms with Crippen LogP contribution >= 0.6 is 11.6 Å². The molecular weight excluding hydrogens is 358 g/mol. The number of halogens is 1. The quantitative estimate of drug-likeness (QED) is 0.720. The first-order chi connectivity index (χ1) is 12.5. The summed E-state index contributed by atoms with van der Waals surface area (Å²) >= 11 is 5.85. The lowest BCUT2D eigenvalue weighted by molar-refractivity contribution is -0.126. The Morgan fingerprint density at radius 3 is 2.54 bits per heavy atom. The monoisotopic (exact) mass is 377 g/mol. The van der Waals surface area contributed by atoms with Crippen LogP contribution < -0.4 is 11.0 Å². The zero-order valence-corrected chi connectivity index (χ0v) is 14.9. The van der Waals surface area contributed by atoms with Crippen molar-refractivity contribution in [2.24, 2.45) is 5.92 Å². The van der Waals surface area contributed by atoms with E-state index < -0.39 is 0 Å². The van der Waals surface area contributed by atoms with Crippen molar-refractivity contribution in [3.63, 3.8) is 0 Å². The molecule has 0 atom stereocenters. The van der Waals surface area contributed by atoms with E-state index in [0.717, 1.165) is 0 Å². The number of nitrogens with zero attached hydrogens (tertiary/aromatic N) is 2. The maximum Gasteiger partial charge on any atom is 0.340 e. The van der Waals surface area contributed by atoms with E-state index in [4.69, 9.17) is 11.6 Å². The highest BCUT2D eigenvalue weighted by atomic mass is 35.5. The van der Waals surface area contributed by atoms with Crippen molar-refractivity contribution in [1.82, 2.24) is 25.4 Å². The van der Waals surface area contributed by atoms with Crippen LogP contribution in [-0.2, 0) is 11.2 Å². The number of aromatic amines is 2. The molecule has 8 nitrogen and oxygen atoms in total. The second-order valence-corrected chi connectivity index (χ2v) is 6.68. The third kappa shape index (κ3) is 4.51.